The maximum atomic E-state index is 5.08. The standard InChI is InChI=1S/C10H11N3S2/c1-15-10(14)13-6-7-5-12-9-8(7)3-2-4-11-9/h2-5H,6H2,1H3,(H,11,12)(H,13,14). The second kappa shape index (κ2) is 4.63. The van der Waals surface area contributed by atoms with Gasteiger partial charge in [-0.2, -0.15) is 0 Å². The van der Waals surface area contributed by atoms with E-state index in [0.717, 1.165) is 21.9 Å². The van der Waals surface area contributed by atoms with Gasteiger partial charge in [-0.3, -0.25) is 0 Å². The second-order valence-corrected chi connectivity index (χ2v) is 4.54. The molecule has 0 saturated heterocycles. The molecule has 0 fully saturated rings. The molecular weight excluding hydrogens is 226 g/mol. The Kier molecular flexibility index (Phi) is 3.23. The highest BCUT2D eigenvalue weighted by molar-refractivity contribution is 8.22. The molecule has 2 aromatic heterocycles. The van der Waals surface area contributed by atoms with Crippen molar-refractivity contribution in [1.29, 1.82) is 0 Å². The van der Waals surface area contributed by atoms with Gasteiger partial charge in [-0.05, 0) is 24.0 Å². The van der Waals surface area contributed by atoms with E-state index in [1.54, 1.807) is 18.0 Å². The van der Waals surface area contributed by atoms with Crippen molar-refractivity contribution in [3.05, 3.63) is 30.1 Å². The Morgan fingerprint density at radius 3 is 3.33 bits per heavy atom. The highest BCUT2D eigenvalue weighted by Gasteiger charge is 2.03. The van der Waals surface area contributed by atoms with Gasteiger partial charge in [0.2, 0.25) is 0 Å². The van der Waals surface area contributed by atoms with Gasteiger partial charge in [0.15, 0.2) is 0 Å². The second-order valence-electron chi connectivity index (χ2n) is 3.06. The van der Waals surface area contributed by atoms with Crippen LogP contribution in [-0.2, 0) is 6.54 Å². The van der Waals surface area contributed by atoms with Crippen LogP contribution in [0.4, 0.5) is 0 Å². The summed E-state index contributed by atoms with van der Waals surface area (Å²) in [5.74, 6) is 0. The fourth-order valence-corrected chi connectivity index (χ4v) is 1.69. The molecule has 2 aromatic rings. The molecule has 2 N–H and O–H groups in total. The monoisotopic (exact) mass is 237 g/mol. The lowest BCUT2D eigenvalue weighted by Gasteiger charge is -2.03. The smallest absolute Gasteiger partial charge is 0.137 e. The van der Waals surface area contributed by atoms with Gasteiger partial charge in [-0.1, -0.05) is 12.2 Å². The van der Waals surface area contributed by atoms with Gasteiger partial charge in [0.1, 0.15) is 9.97 Å². The molecule has 0 spiro atoms. The molecule has 2 rings (SSSR count). The van der Waals surface area contributed by atoms with Crippen LogP contribution in [0.3, 0.4) is 0 Å². The van der Waals surface area contributed by atoms with E-state index in [4.69, 9.17) is 12.2 Å². The lowest BCUT2D eigenvalue weighted by molar-refractivity contribution is 0.948. The van der Waals surface area contributed by atoms with Crippen LogP contribution in [0, 0.1) is 0 Å². The maximum absolute atomic E-state index is 5.08. The summed E-state index contributed by atoms with van der Waals surface area (Å²) in [6, 6.07) is 3.99. The van der Waals surface area contributed by atoms with Crippen molar-refractivity contribution in [3.8, 4) is 0 Å². The molecule has 0 bridgehead atoms. The van der Waals surface area contributed by atoms with Crippen molar-refractivity contribution in [3.63, 3.8) is 0 Å². The largest absolute Gasteiger partial charge is 0.367 e. The first-order valence-electron chi connectivity index (χ1n) is 4.54. The molecule has 0 saturated carbocycles. The van der Waals surface area contributed by atoms with E-state index in [2.05, 4.69) is 21.4 Å². The first kappa shape index (κ1) is 10.4. The van der Waals surface area contributed by atoms with Gasteiger partial charge in [-0.15, -0.1) is 11.8 Å². The van der Waals surface area contributed by atoms with Crippen LogP contribution in [0.25, 0.3) is 11.0 Å². The van der Waals surface area contributed by atoms with Crippen LogP contribution in [0.1, 0.15) is 5.56 Å². The number of H-pyrrole nitrogens is 1. The minimum atomic E-state index is 0.741. The van der Waals surface area contributed by atoms with Crippen LogP contribution < -0.4 is 5.32 Å². The first-order valence-corrected chi connectivity index (χ1v) is 6.17. The van der Waals surface area contributed by atoms with Gasteiger partial charge >= 0.3 is 0 Å². The van der Waals surface area contributed by atoms with E-state index in [-0.39, 0.29) is 0 Å². The van der Waals surface area contributed by atoms with Crippen LogP contribution in [0.2, 0.25) is 0 Å². The quantitative estimate of drug-likeness (QED) is 0.786. The Balaban J connectivity index is 2.18. The zero-order chi connectivity index (χ0) is 10.7. The molecule has 5 heteroatoms. The van der Waals surface area contributed by atoms with Crippen molar-refractivity contribution in [2.24, 2.45) is 0 Å². The number of thiocarbonyl (C=S) groups is 1. The molecule has 0 atom stereocenters. The van der Waals surface area contributed by atoms with Crippen molar-refractivity contribution < 1.29 is 0 Å². The third kappa shape index (κ3) is 2.30. The lowest BCUT2D eigenvalue weighted by atomic mass is 10.2. The topological polar surface area (TPSA) is 40.7 Å². The average Bonchev–Trinajstić information content (AvgIpc) is 2.69. The van der Waals surface area contributed by atoms with Crippen molar-refractivity contribution in [2.75, 3.05) is 6.26 Å². The number of nitrogens with one attached hydrogen (secondary N) is 2. The Bertz CT molecular complexity index is 478. The fourth-order valence-electron chi connectivity index (χ4n) is 1.40. The van der Waals surface area contributed by atoms with Crippen LogP contribution >= 0.6 is 24.0 Å². The van der Waals surface area contributed by atoms with Crippen molar-refractivity contribution in [2.45, 2.75) is 6.54 Å². The number of fused-ring (bicyclic) bond motifs is 1. The molecule has 2 heterocycles. The van der Waals surface area contributed by atoms with E-state index in [1.807, 2.05) is 18.5 Å². The molecule has 78 valence electrons. The average molecular weight is 237 g/mol. The van der Waals surface area contributed by atoms with E-state index in [1.165, 1.54) is 5.56 Å². The van der Waals surface area contributed by atoms with Crippen molar-refractivity contribution >= 4 is 39.3 Å². The predicted molar refractivity (Wildman–Crippen MR) is 69.0 cm³/mol. The van der Waals surface area contributed by atoms with Gasteiger partial charge < -0.3 is 10.3 Å². The minimum absolute atomic E-state index is 0.741. The molecule has 0 radical (unpaired) electrons. The van der Waals surface area contributed by atoms with Gasteiger partial charge in [0, 0.05) is 24.3 Å². The van der Waals surface area contributed by atoms with Crippen LogP contribution in [-0.4, -0.2) is 20.5 Å². The number of hydrogen-bond acceptors (Lipinski definition) is 3. The number of thioether (sulfide) groups is 1. The van der Waals surface area contributed by atoms with E-state index in [9.17, 15) is 0 Å². The number of nitrogens with zero attached hydrogens (tertiary/aromatic N) is 1. The number of aromatic nitrogens is 2. The Morgan fingerprint density at radius 1 is 1.67 bits per heavy atom. The Hall–Kier alpha value is -1.07. The Labute approximate surface area is 97.7 Å². The third-order valence-corrected chi connectivity index (χ3v) is 3.30. The number of hydrogen-bond donors (Lipinski definition) is 2. The van der Waals surface area contributed by atoms with E-state index < -0.39 is 0 Å². The molecular formula is C10H11N3S2. The highest BCUT2D eigenvalue weighted by Crippen LogP contribution is 2.15. The summed E-state index contributed by atoms with van der Waals surface area (Å²) < 4.78 is 0.813. The number of aromatic amines is 1. The molecule has 0 unspecified atom stereocenters. The molecule has 0 amide bonds. The number of rotatable bonds is 2. The summed E-state index contributed by atoms with van der Waals surface area (Å²) in [6.07, 6.45) is 5.71. The summed E-state index contributed by atoms with van der Waals surface area (Å²) in [5, 5.41) is 4.32. The van der Waals surface area contributed by atoms with Gasteiger partial charge in [-0.25, -0.2) is 4.98 Å². The van der Waals surface area contributed by atoms with Crippen LogP contribution in [0.15, 0.2) is 24.5 Å². The lowest BCUT2D eigenvalue weighted by Crippen LogP contribution is -2.16. The van der Waals surface area contributed by atoms with E-state index in [0.29, 0.717) is 0 Å². The van der Waals surface area contributed by atoms with Gasteiger partial charge in [0.25, 0.3) is 0 Å². The first-order chi connectivity index (χ1) is 7.31. The summed E-state index contributed by atoms with van der Waals surface area (Å²) >= 11 is 6.62. The summed E-state index contributed by atoms with van der Waals surface area (Å²) in [5.41, 5.74) is 2.11. The summed E-state index contributed by atoms with van der Waals surface area (Å²) in [7, 11) is 0. The fraction of sp³-hybridized carbons (Fsp3) is 0.200. The molecule has 0 aliphatic rings. The predicted octanol–water partition coefficient (Wildman–Crippen LogP) is 2.30. The molecule has 15 heavy (non-hydrogen) atoms. The molecule has 0 aliphatic carbocycles. The highest BCUT2D eigenvalue weighted by atomic mass is 32.2. The maximum Gasteiger partial charge on any atom is 0.137 e. The zero-order valence-corrected chi connectivity index (χ0v) is 9.91. The number of pyridine rings is 1. The molecule has 3 nitrogen and oxygen atoms in total. The Morgan fingerprint density at radius 2 is 2.53 bits per heavy atom. The zero-order valence-electron chi connectivity index (χ0n) is 8.28. The van der Waals surface area contributed by atoms with Crippen LogP contribution in [0.5, 0.6) is 0 Å². The normalized spacial score (nSPS) is 10.5. The summed E-state index contributed by atoms with van der Waals surface area (Å²) in [6.45, 7) is 0.741. The molecule has 0 aromatic carbocycles. The van der Waals surface area contributed by atoms with E-state index >= 15 is 0 Å². The van der Waals surface area contributed by atoms with Gasteiger partial charge in [0.05, 0.1) is 0 Å². The third-order valence-electron chi connectivity index (χ3n) is 2.15. The minimum Gasteiger partial charge on any atom is -0.367 e. The molecule has 0 aliphatic heterocycles. The SMILES string of the molecule is CSC(=S)NCc1c[nH]c2ncccc12. The summed E-state index contributed by atoms with van der Waals surface area (Å²) in [4.78, 5) is 7.36. The van der Waals surface area contributed by atoms with Crippen molar-refractivity contribution in [1.82, 2.24) is 15.3 Å².